The average Bonchev–Trinajstić information content (AvgIpc) is 3.13. The summed E-state index contributed by atoms with van der Waals surface area (Å²) in [7, 11) is 0. The number of likely N-dealkylation sites (tertiary alicyclic amines) is 1. The van der Waals surface area contributed by atoms with Gasteiger partial charge in [0.2, 0.25) is 11.8 Å². The molecule has 180 valence electrons. The summed E-state index contributed by atoms with van der Waals surface area (Å²) in [4.78, 5) is 53.1. The maximum atomic E-state index is 13.6. The summed E-state index contributed by atoms with van der Waals surface area (Å²) in [6.07, 6.45) is -0.141. The predicted molar refractivity (Wildman–Crippen MR) is 132 cm³/mol. The number of benzene rings is 3. The topological polar surface area (TPSA) is 80.8 Å². The number of aryl methyl sites for hydroxylation is 1. The standard InChI is InChI=1S/C30H25NO5/c1-16-11-12-23(22(15-16)17(2)32)36-24(33)13-14-31-29(34)27-25-18-7-3-4-8-19(18)26(28(27)30(31)35)21-10-6-5-9-20(21)25/h3-12,15,25-28H,13-14H2,1-2H3/t25?,26?,27-,28-/m1/s1. The lowest BCUT2D eigenvalue weighted by Gasteiger charge is -2.45. The normalized spacial score (nSPS) is 23.2. The predicted octanol–water partition coefficient (Wildman–Crippen LogP) is 4.39. The summed E-state index contributed by atoms with van der Waals surface area (Å²) in [5.74, 6) is -2.34. The molecule has 36 heavy (non-hydrogen) atoms. The van der Waals surface area contributed by atoms with Crippen LogP contribution in [0.1, 0.15) is 63.4 Å². The third-order valence-corrected chi connectivity index (χ3v) is 7.82. The van der Waals surface area contributed by atoms with Crippen molar-refractivity contribution in [2.75, 3.05) is 6.54 Å². The largest absolute Gasteiger partial charge is 0.426 e. The number of carbonyl (C=O) groups is 4. The van der Waals surface area contributed by atoms with E-state index in [9.17, 15) is 19.2 Å². The summed E-state index contributed by atoms with van der Waals surface area (Å²) in [6.45, 7) is 3.22. The Bertz CT molecular complexity index is 1340. The zero-order valence-electron chi connectivity index (χ0n) is 20.1. The highest BCUT2D eigenvalue weighted by Crippen LogP contribution is 2.60. The van der Waals surface area contributed by atoms with Crippen LogP contribution < -0.4 is 4.74 Å². The molecule has 0 radical (unpaired) electrons. The number of nitrogens with zero attached hydrogens (tertiary/aromatic N) is 1. The molecule has 7 rings (SSSR count). The molecule has 3 aliphatic carbocycles. The first-order valence-corrected chi connectivity index (χ1v) is 12.2. The third kappa shape index (κ3) is 3.24. The molecule has 1 heterocycles. The molecular weight excluding hydrogens is 454 g/mol. The van der Waals surface area contributed by atoms with Crippen LogP contribution in [0.25, 0.3) is 0 Å². The molecule has 3 aromatic carbocycles. The minimum Gasteiger partial charge on any atom is -0.426 e. The highest BCUT2D eigenvalue weighted by molar-refractivity contribution is 6.08. The van der Waals surface area contributed by atoms with Gasteiger partial charge in [-0.3, -0.25) is 24.1 Å². The Morgan fingerprint density at radius 3 is 1.78 bits per heavy atom. The smallest absolute Gasteiger partial charge is 0.313 e. The molecule has 2 atom stereocenters. The average molecular weight is 480 g/mol. The number of carbonyl (C=O) groups excluding carboxylic acids is 4. The second-order valence-corrected chi connectivity index (χ2v) is 9.87. The van der Waals surface area contributed by atoms with E-state index in [0.29, 0.717) is 5.56 Å². The molecule has 3 aromatic rings. The van der Waals surface area contributed by atoms with E-state index >= 15 is 0 Å². The van der Waals surface area contributed by atoms with E-state index in [1.165, 1.54) is 11.8 Å². The van der Waals surface area contributed by atoms with Gasteiger partial charge in [-0.15, -0.1) is 0 Å². The van der Waals surface area contributed by atoms with Crippen molar-refractivity contribution in [3.8, 4) is 5.75 Å². The van der Waals surface area contributed by atoms with Crippen LogP contribution >= 0.6 is 0 Å². The molecule has 6 nitrogen and oxygen atoms in total. The Balaban J connectivity index is 1.25. The zero-order chi connectivity index (χ0) is 25.1. The van der Waals surface area contributed by atoms with E-state index in [0.717, 1.165) is 27.8 Å². The van der Waals surface area contributed by atoms with E-state index in [4.69, 9.17) is 4.74 Å². The Labute approximate surface area is 208 Å². The van der Waals surface area contributed by atoms with Gasteiger partial charge in [0.1, 0.15) is 5.75 Å². The highest BCUT2D eigenvalue weighted by Gasteiger charge is 2.61. The van der Waals surface area contributed by atoms with Crippen molar-refractivity contribution in [1.82, 2.24) is 4.90 Å². The second-order valence-electron chi connectivity index (χ2n) is 9.87. The number of rotatable bonds is 5. The summed E-state index contributed by atoms with van der Waals surface area (Å²) in [6, 6.07) is 21.2. The van der Waals surface area contributed by atoms with Gasteiger partial charge in [-0.1, -0.05) is 60.2 Å². The molecule has 4 aliphatic rings. The molecule has 0 N–H and O–H groups in total. The van der Waals surface area contributed by atoms with Crippen molar-refractivity contribution in [2.45, 2.75) is 32.1 Å². The summed E-state index contributed by atoms with van der Waals surface area (Å²) < 4.78 is 5.46. The first kappa shape index (κ1) is 22.4. The lowest BCUT2D eigenvalue weighted by atomic mass is 9.55. The first-order valence-electron chi connectivity index (χ1n) is 12.2. The van der Waals surface area contributed by atoms with Crippen LogP contribution in [0.3, 0.4) is 0 Å². The molecule has 2 amide bonds. The molecular formula is C30H25NO5. The van der Waals surface area contributed by atoms with Crippen LogP contribution in [0, 0.1) is 18.8 Å². The van der Waals surface area contributed by atoms with Gasteiger partial charge in [-0.2, -0.15) is 0 Å². The number of Topliss-reactive ketones (excluding diaryl/α,β-unsaturated/α-hetero) is 1. The molecule has 0 saturated carbocycles. The van der Waals surface area contributed by atoms with E-state index < -0.39 is 17.8 Å². The highest BCUT2D eigenvalue weighted by atomic mass is 16.5. The molecule has 6 heteroatoms. The fraction of sp³-hybridized carbons (Fsp3) is 0.267. The van der Waals surface area contributed by atoms with Gasteiger partial charge in [0.05, 0.1) is 23.8 Å². The molecule has 0 spiro atoms. The van der Waals surface area contributed by atoms with E-state index in [-0.39, 0.29) is 48.1 Å². The number of hydrogen-bond acceptors (Lipinski definition) is 5. The molecule has 1 aliphatic heterocycles. The lowest BCUT2D eigenvalue weighted by molar-refractivity contribution is -0.141. The van der Waals surface area contributed by atoms with Gasteiger partial charge in [-0.05, 0) is 48.2 Å². The molecule has 2 bridgehead atoms. The minimum absolute atomic E-state index is 0.0447. The minimum atomic E-state index is -0.591. The van der Waals surface area contributed by atoms with Gasteiger partial charge in [-0.25, -0.2) is 0 Å². The summed E-state index contributed by atoms with van der Waals surface area (Å²) in [5, 5.41) is 0. The maximum absolute atomic E-state index is 13.6. The van der Waals surface area contributed by atoms with Crippen LogP contribution in [0.5, 0.6) is 5.75 Å². The molecule has 1 saturated heterocycles. The van der Waals surface area contributed by atoms with Gasteiger partial charge in [0.25, 0.3) is 0 Å². The monoisotopic (exact) mass is 479 g/mol. The van der Waals surface area contributed by atoms with Gasteiger partial charge in [0, 0.05) is 18.4 Å². The van der Waals surface area contributed by atoms with Gasteiger partial charge < -0.3 is 4.74 Å². The summed E-state index contributed by atoms with van der Waals surface area (Å²) in [5.41, 5.74) is 5.66. The Kier molecular flexibility index (Phi) is 5.14. The van der Waals surface area contributed by atoms with Crippen LogP contribution in [0.15, 0.2) is 66.7 Å². The Morgan fingerprint density at radius 2 is 1.31 bits per heavy atom. The van der Waals surface area contributed by atoms with Gasteiger partial charge >= 0.3 is 5.97 Å². The number of hydrogen-bond donors (Lipinski definition) is 0. The third-order valence-electron chi connectivity index (χ3n) is 7.82. The van der Waals surface area contributed by atoms with E-state index in [2.05, 4.69) is 24.3 Å². The van der Waals surface area contributed by atoms with E-state index in [1.54, 1.807) is 18.2 Å². The van der Waals surface area contributed by atoms with Crippen molar-refractivity contribution in [3.63, 3.8) is 0 Å². The Hall–Kier alpha value is -4.06. The van der Waals surface area contributed by atoms with Crippen molar-refractivity contribution >= 4 is 23.6 Å². The second kappa shape index (κ2) is 8.26. The number of imide groups is 1. The molecule has 0 unspecified atom stereocenters. The van der Waals surface area contributed by atoms with E-state index in [1.807, 2.05) is 31.2 Å². The lowest BCUT2D eigenvalue weighted by Crippen LogP contribution is -2.41. The van der Waals surface area contributed by atoms with Crippen molar-refractivity contribution < 1.29 is 23.9 Å². The molecule has 0 aromatic heterocycles. The van der Waals surface area contributed by atoms with Crippen LogP contribution in [0.4, 0.5) is 0 Å². The summed E-state index contributed by atoms with van der Waals surface area (Å²) >= 11 is 0. The van der Waals surface area contributed by atoms with Crippen molar-refractivity contribution in [1.29, 1.82) is 0 Å². The SMILES string of the molecule is CC(=O)c1cc(C)ccc1OC(=O)CCN1C(=O)[C@@H]2C3c4ccccc4C(c4ccccc43)[C@H]2C1=O. The fourth-order valence-corrected chi connectivity index (χ4v) is 6.34. The maximum Gasteiger partial charge on any atom is 0.313 e. The first-order chi connectivity index (χ1) is 17.4. The number of ketones is 1. The molecule has 1 fully saturated rings. The zero-order valence-corrected chi connectivity index (χ0v) is 20.1. The number of esters is 1. The number of amides is 2. The van der Waals surface area contributed by atoms with Gasteiger partial charge in [0.15, 0.2) is 5.78 Å². The van der Waals surface area contributed by atoms with Crippen LogP contribution in [0.2, 0.25) is 0 Å². The van der Waals surface area contributed by atoms with Crippen LogP contribution in [-0.2, 0) is 14.4 Å². The number of ether oxygens (including phenoxy) is 1. The van der Waals surface area contributed by atoms with Crippen molar-refractivity contribution in [2.24, 2.45) is 11.8 Å². The fourth-order valence-electron chi connectivity index (χ4n) is 6.34. The van der Waals surface area contributed by atoms with Crippen molar-refractivity contribution in [3.05, 3.63) is 100 Å². The van der Waals surface area contributed by atoms with Crippen LogP contribution in [-0.4, -0.2) is 35.0 Å². The quantitative estimate of drug-likeness (QED) is 0.235. The Morgan fingerprint density at radius 1 is 0.806 bits per heavy atom.